The van der Waals surface area contributed by atoms with Gasteiger partial charge in [0.15, 0.2) is 0 Å². The van der Waals surface area contributed by atoms with Crippen molar-refractivity contribution in [3.8, 4) is 5.88 Å². The summed E-state index contributed by atoms with van der Waals surface area (Å²) in [7, 11) is 1.23. The fourth-order valence-corrected chi connectivity index (χ4v) is 2.37. The maximum absolute atomic E-state index is 11.7. The van der Waals surface area contributed by atoms with Gasteiger partial charge in [0, 0.05) is 7.05 Å². The Hall–Kier alpha value is -1.74. The van der Waals surface area contributed by atoms with Gasteiger partial charge in [-0.15, -0.1) is 0 Å². The average molecular weight is 367 g/mol. The molecule has 0 bridgehead atoms. The van der Waals surface area contributed by atoms with E-state index >= 15 is 0 Å². The van der Waals surface area contributed by atoms with Gasteiger partial charge in [0.25, 0.3) is 0 Å². The van der Waals surface area contributed by atoms with E-state index in [1.54, 1.807) is 17.9 Å². The molecular formula is C17H30BN3O5. The number of amides is 1. The van der Waals surface area contributed by atoms with E-state index in [0.717, 1.165) is 5.46 Å². The number of alkyl carbamates (subject to hydrolysis) is 1. The van der Waals surface area contributed by atoms with Crippen LogP contribution in [0.15, 0.2) is 6.20 Å². The number of hydrogen-bond acceptors (Lipinski definition) is 6. The van der Waals surface area contributed by atoms with Gasteiger partial charge in [-0.2, -0.15) is 5.10 Å². The number of hydrogen-bond donors (Lipinski definition) is 1. The Kier molecular flexibility index (Phi) is 5.63. The maximum Gasteiger partial charge on any atom is 0.502 e. The molecule has 1 aliphatic heterocycles. The van der Waals surface area contributed by atoms with Gasteiger partial charge in [-0.3, -0.25) is 0 Å². The van der Waals surface area contributed by atoms with Gasteiger partial charge in [0.1, 0.15) is 12.2 Å². The molecule has 1 saturated heterocycles. The first-order valence-corrected chi connectivity index (χ1v) is 8.79. The Morgan fingerprint density at radius 3 is 2.38 bits per heavy atom. The van der Waals surface area contributed by atoms with E-state index in [0.29, 0.717) is 12.4 Å². The molecule has 0 atom stereocenters. The number of aryl methyl sites for hydroxylation is 1. The highest BCUT2D eigenvalue weighted by molar-refractivity contribution is 6.63. The van der Waals surface area contributed by atoms with Crippen LogP contribution in [0.25, 0.3) is 0 Å². The van der Waals surface area contributed by atoms with E-state index in [9.17, 15) is 4.79 Å². The van der Waals surface area contributed by atoms with Crippen molar-refractivity contribution in [3.05, 3.63) is 6.20 Å². The van der Waals surface area contributed by atoms with Crippen molar-refractivity contribution >= 4 is 18.7 Å². The zero-order valence-electron chi connectivity index (χ0n) is 17.0. The Labute approximate surface area is 155 Å². The number of carbonyl (C=O) groups excluding carboxylic acids is 1. The molecule has 1 aliphatic rings. The normalized spacial score (nSPS) is 18.7. The minimum atomic E-state index is -0.553. The fourth-order valence-electron chi connectivity index (χ4n) is 2.37. The third-order valence-electron chi connectivity index (χ3n) is 4.43. The highest BCUT2D eigenvalue weighted by Crippen LogP contribution is 2.37. The molecule has 0 unspecified atom stereocenters. The number of aromatic nitrogens is 2. The van der Waals surface area contributed by atoms with E-state index in [4.69, 9.17) is 18.8 Å². The topological polar surface area (TPSA) is 83.8 Å². The minimum Gasteiger partial charge on any atom is -0.476 e. The molecule has 0 aromatic carbocycles. The van der Waals surface area contributed by atoms with Crippen LogP contribution in [0.3, 0.4) is 0 Å². The van der Waals surface area contributed by atoms with Crippen molar-refractivity contribution in [1.82, 2.24) is 15.1 Å². The molecule has 1 N–H and O–H groups in total. The molecule has 0 saturated carbocycles. The van der Waals surface area contributed by atoms with Crippen molar-refractivity contribution in [2.45, 2.75) is 65.3 Å². The van der Waals surface area contributed by atoms with Gasteiger partial charge in [-0.25, -0.2) is 9.48 Å². The smallest absolute Gasteiger partial charge is 0.476 e. The molecule has 2 rings (SSSR count). The van der Waals surface area contributed by atoms with Gasteiger partial charge in [-0.1, -0.05) is 0 Å². The molecule has 0 radical (unpaired) electrons. The largest absolute Gasteiger partial charge is 0.502 e. The summed E-state index contributed by atoms with van der Waals surface area (Å²) in [5, 5.41) is 6.90. The van der Waals surface area contributed by atoms with Gasteiger partial charge >= 0.3 is 13.2 Å². The van der Waals surface area contributed by atoms with Crippen molar-refractivity contribution in [2.24, 2.45) is 7.05 Å². The van der Waals surface area contributed by atoms with Gasteiger partial charge in [0.05, 0.1) is 29.4 Å². The first-order valence-electron chi connectivity index (χ1n) is 8.79. The Morgan fingerprint density at radius 2 is 1.85 bits per heavy atom. The predicted molar refractivity (Wildman–Crippen MR) is 98.7 cm³/mol. The van der Waals surface area contributed by atoms with Gasteiger partial charge in [-0.05, 0) is 48.5 Å². The van der Waals surface area contributed by atoms with Gasteiger partial charge < -0.3 is 24.1 Å². The van der Waals surface area contributed by atoms with E-state index in [-0.39, 0.29) is 6.61 Å². The summed E-state index contributed by atoms with van der Waals surface area (Å²) >= 11 is 0. The Bertz CT molecular complexity index is 635. The molecule has 1 aromatic heterocycles. The van der Waals surface area contributed by atoms with Crippen molar-refractivity contribution in [3.63, 3.8) is 0 Å². The second-order valence-electron chi connectivity index (χ2n) is 8.39. The van der Waals surface area contributed by atoms with Crippen LogP contribution >= 0.6 is 0 Å². The van der Waals surface area contributed by atoms with Crippen LogP contribution in [0.2, 0.25) is 0 Å². The van der Waals surface area contributed by atoms with Crippen molar-refractivity contribution in [2.75, 3.05) is 13.2 Å². The second kappa shape index (κ2) is 7.11. The number of rotatable bonds is 5. The Balaban J connectivity index is 1.94. The molecular weight excluding hydrogens is 337 g/mol. The van der Waals surface area contributed by atoms with Crippen LogP contribution in [0, 0.1) is 0 Å². The lowest BCUT2D eigenvalue weighted by molar-refractivity contribution is 0.00578. The lowest BCUT2D eigenvalue weighted by Crippen LogP contribution is -2.41. The fraction of sp³-hybridized carbons (Fsp3) is 0.765. The van der Waals surface area contributed by atoms with E-state index < -0.39 is 30.0 Å². The van der Waals surface area contributed by atoms with Crippen LogP contribution in [0.5, 0.6) is 5.88 Å². The molecule has 8 nitrogen and oxygen atoms in total. The quantitative estimate of drug-likeness (QED) is 0.629. The Morgan fingerprint density at radius 1 is 1.27 bits per heavy atom. The van der Waals surface area contributed by atoms with Crippen molar-refractivity contribution < 1.29 is 23.6 Å². The zero-order chi connectivity index (χ0) is 19.8. The van der Waals surface area contributed by atoms with Crippen molar-refractivity contribution in [1.29, 1.82) is 0 Å². The van der Waals surface area contributed by atoms with E-state index in [1.165, 1.54) is 0 Å². The molecule has 9 heteroatoms. The molecule has 1 amide bonds. The first kappa shape index (κ1) is 20.6. The lowest BCUT2D eigenvalue weighted by Gasteiger charge is -2.32. The maximum atomic E-state index is 11.7. The summed E-state index contributed by atoms with van der Waals surface area (Å²) < 4.78 is 24.7. The van der Waals surface area contributed by atoms with Crippen LogP contribution in [0.1, 0.15) is 48.5 Å². The summed E-state index contributed by atoms with van der Waals surface area (Å²) in [5.41, 5.74) is -0.688. The van der Waals surface area contributed by atoms with Crippen LogP contribution in [-0.4, -0.2) is 52.9 Å². The average Bonchev–Trinajstić information content (AvgIpc) is 2.91. The summed E-state index contributed by atoms with van der Waals surface area (Å²) in [6.45, 7) is 14.0. The first-order chi connectivity index (χ1) is 11.8. The second-order valence-corrected chi connectivity index (χ2v) is 8.39. The van der Waals surface area contributed by atoms with Gasteiger partial charge in [0.2, 0.25) is 5.88 Å². The van der Waals surface area contributed by atoms with Crippen LogP contribution < -0.4 is 15.5 Å². The molecule has 1 aromatic rings. The lowest BCUT2D eigenvalue weighted by atomic mass is 9.81. The summed E-state index contributed by atoms with van der Waals surface area (Å²) in [6.07, 6.45) is 1.20. The third-order valence-corrected chi connectivity index (χ3v) is 4.43. The molecule has 1 fully saturated rings. The molecule has 2 heterocycles. The number of nitrogens with one attached hydrogen (secondary N) is 1. The van der Waals surface area contributed by atoms with Crippen LogP contribution in [-0.2, 0) is 21.1 Å². The predicted octanol–water partition coefficient (Wildman–Crippen LogP) is 1.62. The zero-order valence-corrected chi connectivity index (χ0v) is 17.0. The summed E-state index contributed by atoms with van der Waals surface area (Å²) in [5.74, 6) is 0.550. The molecule has 26 heavy (non-hydrogen) atoms. The SMILES string of the molecule is Cn1ncc(B2OC(C)(C)C(C)(C)O2)c1OCCNC(=O)OC(C)(C)C. The third kappa shape index (κ3) is 4.70. The molecule has 146 valence electrons. The van der Waals surface area contributed by atoms with E-state index in [2.05, 4.69) is 10.4 Å². The summed E-state index contributed by atoms with van der Waals surface area (Å²) in [4.78, 5) is 11.7. The standard InChI is InChI=1S/C17H30BN3O5/c1-15(2,3)24-14(22)19-9-10-23-13-12(11-20-21(13)8)18-25-16(4,5)17(6,7)26-18/h11H,9-10H2,1-8H3,(H,19,22). The molecule has 0 aliphatic carbocycles. The number of ether oxygens (including phenoxy) is 2. The molecule has 0 spiro atoms. The minimum absolute atomic E-state index is 0.269. The number of carbonyl (C=O) groups is 1. The monoisotopic (exact) mass is 367 g/mol. The van der Waals surface area contributed by atoms with E-state index in [1.807, 2.05) is 48.5 Å². The number of nitrogens with zero attached hydrogens (tertiary/aromatic N) is 2. The van der Waals surface area contributed by atoms with Crippen LogP contribution in [0.4, 0.5) is 4.79 Å². The summed E-state index contributed by atoms with van der Waals surface area (Å²) in [6, 6.07) is 0. The highest BCUT2D eigenvalue weighted by Gasteiger charge is 2.53. The highest BCUT2D eigenvalue weighted by atomic mass is 16.7.